The molecule has 3 rings (SSSR count). The van der Waals surface area contributed by atoms with E-state index in [9.17, 15) is 29.6 Å². The van der Waals surface area contributed by atoms with Gasteiger partial charge in [0, 0.05) is 25.2 Å². The Hall–Kier alpha value is -3.69. The van der Waals surface area contributed by atoms with Gasteiger partial charge in [0.25, 0.3) is 16.8 Å². The van der Waals surface area contributed by atoms with Crippen molar-refractivity contribution in [1.82, 2.24) is 14.1 Å². The number of aromatic amines is 1. The third kappa shape index (κ3) is 2.17. The highest BCUT2D eigenvalue weighted by Gasteiger charge is 2.18. The van der Waals surface area contributed by atoms with Crippen LogP contribution in [0.3, 0.4) is 0 Å². The highest BCUT2D eigenvalue weighted by molar-refractivity contribution is 5.82. The fourth-order valence-electron chi connectivity index (χ4n) is 2.45. The number of nitro groups is 1. The number of pyridine rings is 1. The topological polar surface area (TPSA) is 140 Å². The Bertz CT molecular complexity index is 1170. The summed E-state index contributed by atoms with van der Waals surface area (Å²) in [5, 5.41) is 20.6. The van der Waals surface area contributed by atoms with E-state index in [-0.39, 0.29) is 22.4 Å². The maximum absolute atomic E-state index is 12.3. The zero-order valence-corrected chi connectivity index (χ0v) is 12.2. The normalized spacial score (nSPS) is 10.9. The Morgan fingerprint density at radius 3 is 2.58 bits per heavy atom. The highest BCUT2D eigenvalue weighted by Crippen LogP contribution is 2.21. The van der Waals surface area contributed by atoms with Gasteiger partial charge in [0.2, 0.25) is 0 Å². The minimum absolute atomic E-state index is 0.0658. The molecule has 0 aliphatic rings. The third-order valence-electron chi connectivity index (χ3n) is 3.55. The van der Waals surface area contributed by atoms with Gasteiger partial charge in [-0.3, -0.25) is 29.3 Å². The van der Waals surface area contributed by atoms with E-state index in [0.717, 1.165) is 21.3 Å². The van der Waals surface area contributed by atoms with Crippen molar-refractivity contribution in [3.05, 3.63) is 71.6 Å². The molecule has 0 bridgehead atoms. The van der Waals surface area contributed by atoms with Gasteiger partial charge in [-0.25, -0.2) is 9.36 Å². The zero-order chi connectivity index (χ0) is 17.6. The predicted molar refractivity (Wildman–Crippen MR) is 83.7 cm³/mol. The number of non-ortho nitro benzene ring substituents is 1. The number of H-pyrrole nitrogens is 1. The van der Waals surface area contributed by atoms with E-state index in [4.69, 9.17) is 0 Å². The summed E-state index contributed by atoms with van der Waals surface area (Å²) in [4.78, 5) is 48.5. The lowest BCUT2D eigenvalue weighted by Gasteiger charge is -2.13. The van der Waals surface area contributed by atoms with Crippen LogP contribution in [0.2, 0.25) is 0 Å². The van der Waals surface area contributed by atoms with Crippen LogP contribution in [0.1, 0.15) is 0 Å². The van der Waals surface area contributed by atoms with E-state index in [0.29, 0.717) is 0 Å². The smallest absolute Gasteiger partial charge is 0.334 e. The summed E-state index contributed by atoms with van der Waals surface area (Å²) in [6.07, 6.45) is 0. The third-order valence-corrected chi connectivity index (χ3v) is 3.55. The first kappa shape index (κ1) is 15.2. The molecule has 0 atom stereocenters. The van der Waals surface area contributed by atoms with E-state index in [1.807, 2.05) is 4.98 Å². The largest absolute Gasteiger partial charge is 0.507 e. The monoisotopic (exact) mass is 330 g/mol. The number of aryl methyl sites for hydroxylation is 1. The van der Waals surface area contributed by atoms with Gasteiger partial charge in [0.1, 0.15) is 16.8 Å². The molecule has 0 spiro atoms. The molecule has 1 aromatic carbocycles. The second-order valence-electron chi connectivity index (χ2n) is 5.00. The van der Waals surface area contributed by atoms with Crippen molar-refractivity contribution in [2.24, 2.45) is 7.05 Å². The first-order valence-electron chi connectivity index (χ1n) is 6.64. The van der Waals surface area contributed by atoms with E-state index in [2.05, 4.69) is 0 Å². The van der Waals surface area contributed by atoms with Gasteiger partial charge in [0.05, 0.1) is 10.6 Å². The van der Waals surface area contributed by atoms with Crippen LogP contribution in [-0.4, -0.2) is 24.1 Å². The van der Waals surface area contributed by atoms with Gasteiger partial charge in [0.15, 0.2) is 0 Å². The van der Waals surface area contributed by atoms with Gasteiger partial charge >= 0.3 is 5.69 Å². The molecule has 10 nitrogen and oxygen atoms in total. The lowest BCUT2D eigenvalue weighted by molar-refractivity contribution is -0.384. The fourth-order valence-corrected chi connectivity index (χ4v) is 2.45. The van der Waals surface area contributed by atoms with Crippen molar-refractivity contribution in [3.8, 4) is 11.4 Å². The molecule has 2 N–H and O–H groups in total. The van der Waals surface area contributed by atoms with Crippen LogP contribution in [0.15, 0.2) is 44.7 Å². The lowest BCUT2D eigenvalue weighted by Crippen LogP contribution is -2.33. The molecule has 10 heteroatoms. The summed E-state index contributed by atoms with van der Waals surface area (Å²) in [5.74, 6) is -0.589. The summed E-state index contributed by atoms with van der Waals surface area (Å²) >= 11 is 0. The summed E-state index contributed by atoms with van der Waals surface area (Å²) in [6.45, 7) is 0. The maximum Gasteiger partial charge on any atom is 0.334 e. The van der Waals surface area contributed by atoms with Gasteiger partial charge in [-0.15, -0.1) is 0 Å². The molecule has 0 fully saturated rings. The fraction of sp³-hybridized carbons (Fsp3) is 0.0714. The Balaban J connectivity index is 2.56. The Labute approximate surface area is 132 Å². The quantitative estimate of drug-likeness (QED) is 0.500. The van der Waals surface area contributed by atoms with Crippen molar-refractivity contribution < 1.29 is 10.0 Å². The number of rotatable bonds is 2. The average Bonchev–Trinajstić information content (AvgIpc) is 2.52. The molecule has 0 radical (unpaired) electrons. The predicted octanol–water partition coefficient (Wildman–Crippen LogP) is -0.00850. The number of nitrogens with zero attached hydrogens (tertiary/aromatic N) is 3. The number of hydrogen-bond donors (Lipinski definition) is 2. The number of fused-ring (bicyclic) bond motifs is 1. The number of nitrogens with one attached hydrogen (secondary N) is 1. The van der Waals surface area contributed by atoms with Crippen LogP contribution in [0.25, 0.3) is 16.7 Å². The molecule has 3 aromatic rings. The number of aromatic nitrogens is 3. The molecule has 0 saturated carbocycles. The first-order chi connectivity index (χ1) is 11.3. The van der Waals surface area contributed by atoms with Gasteiger partial charge in [-0.2, -0.15) is 0 Å². The minimum atomic E-state index is -0.895. The highest BCUT2D eigenvalue weighted by atomic mass is 16.6. The maximum atomic E-state index is 12.3. The van der Waals surface area contributed by atoms with Crippen LogP contribution in [0.4, 0.5) is 5.69 Å². The molecule has 0 aliphatic heterocycles. The Morgan fingerprint density at radius 1 is 1.21 bits per heavy atom. The molecule has 0 aliphatic carbocycles. The lowest BCUT2D eigenvalue weighted by atomic mass is 10.2. The Kier molecular flexibility index (Phi) is 3.29. The molecule has 24 heavy (non-hydrogen) atoms. The first-order valence-corrected chi connectivity index (χ1v) is 6.64. The van der Waals surface area contributed by atoms with Crippen LogP contribution in [0, 0.1) is 10.1 Å². The summed E-state index contributed by atoms with van der Waals surface area (Å²) in [5.41, 5.74) is -2.79. The van der Waals surface area contributed by atoms with Crippen LogP contribution in [0.5, 0.6) is 5.75 Å². The molecular formula is C14H10N4O6. The van der Waals surface area contributed by atoms with E-state index in [1.165, 1.54) is 25.2 Å². The Morgan fingerprint density at radius 2 is 1.92 bits per heavy atom. The summed E-state index contributed by atoms with van der Waals surface area (Å²) < 4.78 is 1.93. The second-order valence-corrected chi connectivity index (χ2v) is 5.00. The van der Waals surface area contributed by atoms with Crippen molar-refractivity contribution in [2.75, 3.05) is 0 Å². The molecule has 0 saturated heterocycles. The van der Waals surface area contributed by atoms with Crippen LogP contribution in [-0.2, 0) is 7.05 Å². The minimum Gasteiger partial charge on any atom is -0.507 e. The molecular weight excluding hydrogens is 320 g/mol. The van der Waals surface area contributed by atoms with E-state index in [1.54, 1.807) is 0 Å². The summed E-state index contributed by atoms with van der Waals surface area (Å²) in [7, 11) is 1.32. The number of aromatic hydroxyl groups is 1. The van der Waals surface area contributed by atoms with Gasteiger partial charge in [-0.1, -0.05) is 6.07 Å². The van der Waals surface area contributed by atoms with Gasteiger partial charge < -0.3 is 5.11 Å². The number of hydrogen-bond acceptors (Lipinski definition) is 6. The van der Waals surface area contributed by atoms with E-state index >= 15 is 0 Å². The molecule has 122 valence electrons. The van der Waals surface area contributed by atoms with Crippen molar-refractivity contribution in [3.63, 3.8) is 0 Å². The number of benzene rings is 1. The van der Waals surface area contributed by atoms with Crippen LogP contribution < -0.4 is 16.8 Å². The zero-order valence-electron chi connectivity index (χ0n) is 12.2. The second kappa shape index (κ2) is 5.19. The van der Waals surface area contributed by atoms with Crippen molar-refractivity contribution >= 4 is 16.7 Å². The molecule has 0 unspecified atom stereocenters. The van der Waals surface area contributed by atoms with Crippen molar-refractivity contribution in [2.45, 2.75) is 0 Å². The standard InChI is InChI=1S/C14H10N4O6/c1-16-10(20)6-9(19)11-12(21)15-14(22)17(13(11)16)7-3-2-4-8(5-7)18(23)24/h2-6,19H,1H3,(H,15,21,22). The van der Waals surface area contributed by atoms with Crippen molar-refractivity contribution in [1.29, 1.82) is 0 Å². The molecule has 0 amide bonds. The van der Waals surface area contributed by atoms with Crippen LogP contribution >= 0.6 is 0 Å². The van der Waals surface area contributed by atoms with E-state index < -0.39 is 27.5 Å². The van der Waals surface area contributed by atoms with Gasteiger partial charge in [-0.05, 0) is 6.07 Å². The average molecular weight is 330 g/mol. The number of nitro benzene ring substituents is 1. The summed E-state index contributed by atoms with van der Waals surface area (Å²) in [6, 6.07) is 5.96. The molecule has 2 heterocycles. The SMILES string of the molecule is Cn1c(=O)cc(O)c2c(=O)[nH]c(=O)n(-c3cccc([N+](=O)[O-])c3)c21. The molecule has 2 aromatic heterocycles.